The van der Waals surface area contributed by atoms with Gasteiger partial charge in [0.25, 0.3) is 10.0 Å². The predicted molar refractivity (Wildman–Crippen MR) is 173 cm³/mol. The maximum Gasteiger partial charge on any atom is 0.264 e. The Balaban J connectivity index is 1.70. The van der Waals surface area contributed by atoms with E-state index in [0.29, 0.717) is 22.1 Å². The van der Waals surface area contributed by atoms with E-state index in [0.717, 1.165) is 4.31 Å². The number of benzene rings is 4. The molecule has 0 saturated heterocycles. The zero-order valence-electron chi connectivity index (χ0n) is 25.1. The highest BCUT2D eigenvalue weighted by Gasteiger charge is 2.33. The number of nitrogens with one attached hydrogen (secondary N) is 1. The first-order valence-electron chi connectivity index (χ1n) is 14.1. The fourth-order valence-corrected chi connectivity index (χ4v) is 6.05. The van der Waals surface area contributed by atoms with Crippen LogP contribution in [0.15, 0.2) is 114 Å². The lowest BCUT2D eigenvalue weighted by Gasteiger charge is -2.33. The molecule has 0 heterocycles. The molecule has 4 rings (SSSR count). The summed E-state index contributed by atoms with van der Waals surface area (Å²) in [6.07, 6.45) is 0. The van der Waals surface area contributed by atoms with Crippen molar-refractivity contribution in [3.8, 4) is 11.5 Å². The molecule has 0 unspecified atom stereocenters. The van der Waals surface area contributed by atoms with Crippen molar-refractivity contribution in [2.45, 2.75) is 50.7 Å². The molecule has 2 amide bonds. The van der Waals surface area contributed by atoms with E-state index < -0.39 is 34.1 Å². The molecule has 0 aliphatic carbocycles. The summed E-state index contributed by atoms with van der Waals surface area (Å²) in [6.45, 7) is 6.58. The number of amides is 2. The molecule has 0 aromatic heterocycles. The third-order valence-corrected chi connectivity index (χ3v) is 8.83. The van der Waals surface area contributed by atoms with Crippen molar-refractivity contribution >= 4 is 39.1 Å². The quantitative estimate of drug-likeness (QED) is 0.199. The van der Waals surface area contributed by atoms with Crippen molar-refractivity contribution in [2.75, 3.05) is 10.8 Å². The Morgan fingerprint density at radius 1 is 0.818 bits per heavy atom. The molecule has 0 fully saturated rings. The summed E-state index contributed by atoms with van der Waals surface area (Å²) in [4.78, 5) is 28.7. The minimum Gasteiger partial charge on any atom is -0.457 e. The molecule has 0 radical (unpaired) electrons. The van der Waals surface area contributed by atoms with Crippen molar-refractivity contribution in [3.05, 3.63) is 120 Å². The molecule has 1 atom stereocenters. The van der Waals surface area contributed by atoms with Crippen LogP contribution < -0.4 is 14.4 Å². The molecular formula is C34H36ClN3O5S. The van der Waals surface area contributed by atoms with Gasteiger partial charge in [0.1, 0.15) is 24.1 Å². The number of carbonyl (C=O) groups is 2. The SMILES string of the molecule is C[C@@H](C(=O)NC(C)(C)C)N(Cc1ccccc1Cl)C(=O)CN(c1ccc(Oc2ccccc2)cc1)S(=O)(=O)c1ccccc1. The van der Waals surface area contributed by atoms with Gasteiger partial charge in [0.05, 0.1) is 10.6 Å². The highest BCUT2D eigenvalue weighted by atomic mass is 35.5. The van der Waals surface area contributed by atoms with Crippen LogP contribution in [0.4, 0.5) is 5.69 Å². The third kappa shape index (κ3) is 8.39. The fourth-order valence-electron chi connectivity index (χ4n) is 4.42. The molecule has 4 aromatic carbocycles. The molecule has 0 aliphatic heterocycles. The first-order chi connectivity index (χ1) is 20.8. The second-order valence-electron chi connectivity index (χ2n) is 11.3. The highest BCUT2D eigenvalue weighted by Crippen LogP contribution is 2.29. The Hall–Kier alpha value is -4.34. The summed E-state index contributed by atoms with van der Waals surface area (Å²) in [5.74, 6) is 0.168. The molecule has 10 heteroatoms. The van der Waals surface area contributed by atoms with Gasteiger partial charge < -0.3 is 15.0 Å². The van der Waals surface area contributed by atoms with E-state index in [4.69, 9.17) is 16.3 Å². The van der Waals surface area contributed by atoms with Crippen molar-refractivity contribution in [1.29, 1.82) is 0 Å². The highest BCUT2D eigenvalue weighted by molar-refractivity contribution is 7.92. The largest absolute Gasteiger partial charge is 0.457 e. The zero-order chi connectivity index (χ0) is 31.9. The second kappa shape index (κ2) is 14.0. The van der Waals surface area contributed by atoms with Crippen LogP contribution in [0.1, 0.15) is 33.3 Å². The van der Waals surface area contributed by atoms with Gasteiger partial charge in [0.2, 0.25) is 11.8 Å². The molecular weight excluding hydrogens is 598 g/mol. The Morgan fingerprint density at radius 3 is 1.95 bits per heavy atom. The van der Waals surface area contributed by atoms with E-state index >= 15 is 0 Å². The number of halogens is 1. The summed E-state index contributed by atoms with van der Waals surface area (Å²) in [5, 5.41) is 3.34. The summed E-state index contributed by atoms with van der Waals surface area (Å²) in [7, 11) is -4.19. The van der Waals surface area contributed by atoms with Crippen LogP contribution in [0.3, 0.4) is 0 Å². The first kappa shape index (κ1) is 32.6. The van der Waals surface area contributed by atoms with Crippen LogP contribution in [-0.4, -0.2) is 43.3 Å². The number of carbonyl (C=O) groups excluding carboxylic acids is 2. The van der Waals surface area contributed by atoms with E-state index in [-0.39, 0.29) is 23.0 Å². The number of ether oxygens (including phenoxy) is 1. The lowest BCUT2D eigenvalue weighted by molar-refractivity contribution is -0.140. The third-order valence-electron chi connectivity index (χ3n) is 6.68. The summed E-state index contributed by atoms with van der Waals surface area (Å²) in [6, 6.07) is 29.6. The molecule has 0 spiro atoms. The van der Waals surface area contributed by atoms with Gasteiger partial charge in [0.15, 0.2) is 0 Å². The minimum atomic E-state index is -4.19. The van der Waals surface area contributed by atoms with Gasteiger partial charge in [-0.25, -0.2) is 8.42 Å². The van der Waals surface area contributed by atoms with Crippen LogP contribution in [0, 0.1) is 0 Å². The number of hydrogen-bond acceptors (Lipinski definition) is 5. The van der Waals surface area contributed by atoms with Gasteiger partial charge in [-0.1, -0.05) is 66.2 Å². The predicted octanol–water partition coefficient (Wildman–Crippen LogP) is 6.66. The first-order valence-corrected chi connectivity index (χ1v) is 15.9. The van der Waals surface area contributed by atoms with Gasteiger partial charge in [-0.2, -0.15) is 0 Å². The Morgan fingerprint density at radius 2 is 1.36 bits per heavy atom. The minimum absolute atomic E-state index is 0.000312. The smallest absolute Gasteiger partial charge is 0.264 e. The Kier molecular flexibility index (Phi) is 10.3. The normalized spacial score (nSPS) is 12.2. The lowest BCUT2D eigenvalue weighted by Crippen LogP contribution is -2.54. The molecule has 0 saturated carbocycles. The van der Waals surface area contributed by atoms with Gasteiger partial charge in [-0.3, -0.25) is 13.9 Å². The summed E-state index contributed by atoms with van der Waals surface area (Å²) in [5.41, 5.74) is 0.335. The molecule has 44 heavy (non-hydrogen) atoms. The molecule has 0 bridgehead atoms. The van der Waals surface area contributed by atoms with E-state index in [1.807, 2.05) is 51.1 Å². The number of hydrogen-bond donors (Lipinski definition) is 1. The summed E-state index contributed by atoms with van der Waals surface area (Å²) < 4.78 is 34.9. The van der Waals surface area contributed by atoms with Crippen molar-refractivity contribution < 1.29 is 22.7 Å². The molecule has 1 N–H and O–H groups in total. The van der Waals surface area contributed by atoms with Crippen LogP contribution in [-0.2, 0) is 26.2 Å². The van der Waals surface area contributed by atoms with Crippen molar-refractivity contribution in [3.63, 3.8) is 0 Å². The van der Waals surface area contributed by atoms with Crippen molar-refractivity contribution in [1.82, 2.24) is 10.2 Å². The molecule has 8 nitrogen and oxygen atoms in total. The second-order valence-corrected chi connectivity index (χ2v) is 13.5. The van der Waals surface area contributed by atoms with E-state index in [1.165, 1.54) is 17.0 Å². The average Bonchev–Trinajstić information content (AvgIpc) is 2.99. The Bertz CT molecular complexity index is 1680. The fraction of sp³-hybridized carbons (Fsp3) is 0.235. The van der Waals surface area contributed by atoms with E-state index in [9.17, 15) is 18.0 Å². The average molecular weight is 634 g/mol. The number of rotatable bonds is 11. The van der Waals surface area contributed by atoms with Crippen LogP contribution >= 0.6 is 11.6 Å². The maximum absolute atomic E-state index is 14.1. The van der Waals surface area contributed by atoms with Gasteiger partial charge in [0, 0.05) is 17.1 Å². The summed E-state index contributed by atoms with van der Waals surface area (Å²) >= 11 is 6.43. The maximum atomic E-state index is 14.1. The van der Waals surface area contributed by atoms with E-state index in [2.05, 4.69) is 5.32 Å². The molecule has 0 aliphatic rings. The van der Waals surface area contributed by atoms with Crippen molar-refractivity contribution in [2.24, 2.45) is 0 Å². The van der Waals surface area contributed by atoms with Crippen LogP contribution in [0.25, 0.3) is 0 Å². The Labute approximate surface area is 264 Å². The standard InChI is InChI=1S/C34H36ClN3O5S/c1-25(33(40)36-34(2,3)4)37(23-26-13-11-12-18-31(26)35)32(39)24-38(44(41,42)30-16-9-6-10-17-30)27-19-21-29(22-20-27)43-28-14-7-5-8-15-28/h5-22,25H,23-24H2,1-4H3,(H,36,40)/t25-/m0/s1. The van der Waals surface area contributed by atoms with Crippen LogP contribution in [0.5, 0.6) is 11.5 Å². The van der Waals surface area contributed by atoms with E-state index in [1.54, 1.807) is 73.7 Å². The molecule has 230 valence electrons. The van der Waals surface area contributed by atoms with Gasteiger partial charge in [-0.15, -0.1) is 0 Å². The number of nitrogens with zero attached hydrogens (tertiary/aromatic N) is 2. The van der Waals surface area contributed by atoms with Crippen LogP contribution in [0.2, 0.25) is 5.02 Å². The monoisotopic (exact) mass is 633 g/mol. The molecule has 4 aromatic rings. The lowest BCUT2D eigenvalue weighted by atomic mass is 10.1. The van der Waals surface area contributed by atoms with Gasteiger partial charge >= 0.3 is 0 Å². The zero-order valence-corrected chi connectivity index (χ0v) is 26.7. The van der Waals surface area contributed by atoms with Gasteiger partial charge in [-0.05, 0) is 87.9 Å². The number of anilines is 1. The topological polar surface area (TPSA) is 96.0 Å². The number of para-hydroxylation sites is 1. The number of sulfonamides is 1.